The maximum absolute atomic E-state index is 13.2. The van der Waals surface area contributed by atoms with Gasteiger partial charge in [-0.3, -0.25) is 4.79 Å². The summed E-state index contributed by atoms with van der Waals surface area (Å²) in [6.07, 6.45) is -5.22. The minimum absolute atomic E-state index is 0.147. The van der Waals surface area contributed by atoms with Gasteiger partial charge in [0.25, 0.3) is 0 Å². The molecule has 1 N–H and O–H groups in total. The van der Waals surface area contributed by atoms with Crippen molar-refractivity contribution >= 4 is 11.9 Å². The summed E-state index contributed by atoms with van der Waals surface area (Å²) in [5.74, 6) is -2.04. The SMILES string of the molecule is COC(=O)[C@@H](Cc1ccccc1C(F)(F)F)NC(=O)Cc1cccc(F)c1. The number of nitrogens with one attached hydrogen (secondary N) is 1. The number of rotatable bonds is 6. The fourth-order valence-corrected chi connectivity index (χ4v) is 2.61. The molecule has 0 spiro atoms. The molecule has 0 heterocycles. The second kappa shape index (κ2) is 8.66. The molecule has 1 amide bonds. The molecule has 27 heavy (non-hydrogen) atoms. The van der Waals surface area contributed by atoms with E-state index >= 15 is 0 Å². The van der Waals surface area contributed by atoms with Gasteiger partial charge in [-0.15, -0.1) is 0 Å². The number of hydrogen-bond donors (Lipinski definition) is 1. The monoisotopic (exact) mass is 383 g/mol. The molecule has 2 aromatic carbocycles. The zero-order chi connectivity index (χ0) is 20.0. The number of esters is 1. The number of benzene rings is 2. The topological polar surface area (TPSA) is 55.4 Å². The van der Waals surface area contributed by atoms with Crippen molar-refractivity contribution in [3.63, 3.8) is 0 Å². The van der Waals surface area contributed by atoms with Crippen LogP contribution in [0.1, 0.15) is 16.7 Å². The van der Waals surface area contributed by atoms with Crippen LogP contribution in [-0.2, 0) is 33.3 Å². The zero-order valence-corrected chi connectivity index (χ0v) is 14.3. The van der Waals surface area contributed by atoms with Crippen molar-refractivity contribution in [3.8, 4) is 0 Å². The average Bonchev–Trinajstić information content (AvgIpc) is 2.60. The van der Waals surface area contributed by atoms with Crippen molar-refractivity contribution in [2.24, 2.45) is 0 Å². The Hall–Kier alpha value is -2.90. The largest absolute Gasteiger partial charge is 0.467 e. The molecule has 0 radical (unpaired) electrons. The van der Waals surface area contributed by atoms with Crippen LogP contribution in [0.15, 0.2) is 48.5 Å². The van der Waals surface area contributed by atoms with E-state index in [0.29, 0.717) is 5.56 Å². The molecule has 0 aliphatic carbocycles. The number of halogens is 4. The van der Waals surface area contributed by atoms with Crippen LogP contribution in [0.5, 0.6) is 0 Å². The summed E-state index contributed by atoms with van der Waals surface area (Å²) in [6, 6.07) is 8.80. The van der Waals surface area contributed by atoms with Gasteiger partial charge in [-0.2, -0.15) is 13.2 Å². The van der Waals surface area contributed by atoms with E-state index < -0.39 is 41.9 Å². The molecule has 2 rings (SSSR count). The lowest BCUT2D eigenvalue weighted by Gasteiger charge is -2.19. The van der Waals surface area contributed by atoms with Crippen molar-refractivity contribution < 1.29 is 31.9 Å². The van der Waals surface area contributed by atoms with Gasteiger partial charge < -0.3 is 10.1 Å². The third-order valence-electron chi connectivity index (χ3n) is 3.82. The van der Waals surface area contributed by atoms with Gasteiger partial charge in [0.2, 0.25) is 5.91 Å². The maximum Gasteiger partial charge on any atom is 0.416 e. The molecule has 2 aromatic rings. The van der Waals surface area contributed by atoms with Crippen molar-refractivity contribution in [1.82, 2.24) is 5.32 Å². The molecule has 1 atom stereocenters. The van der Waals surface area contributed by atoms with E-state index in [2.05, 4.69) is 10.1 Å². The standard InChI is InChI=1S/C19H17F4NO3/c1-27-18(26)16(11-13-6-2-3-8-15(13)19(21,22)23)24-17(25)10-12-5-4-7-14(20)9-12/h2-9,16H,10-11H2,1H3,(H,24,25)/t16-/m1/s1. The molecule has 4 nitrogen and oxygen atoms in total. The number of carbonyl (C=O) groups excluding carboxylic acids is 2. The minimum Gasteiger partial charge on any atom is -0.467 e. The molecule has 0 aliphatic heterocycles. The summed E-state index contributed by atoms with van der Waals surface area (Å²) < 4.78 is 57.2. The Morgan fingerprint density at radius 1 is 1.11 bits per heavy atom. The smallest absolute Gasteiger partial charge is 0.416 e. The first-order valence-electron chi connectivity index (χ1n) is 7.97. The lowest BCUT2D eigenvalue weighted by molar-refractivity contribution is -0.145. The minimum atomic E-state index is -4.59. The fourth-order valence-electron chi connectivity index (χ4n) is 2.61. The average molecular weight is 383 g/mol. The highest BCUT2D eigenvalue weighted by Gasteiger charge is 2.34. The fraction of sp³-hybridized carbons (Fsp3) is 0.263. The van der Waals surface area contributed by atoms with E-state index in [1.54, 1.807) is 0 Å². The van der Waals surface area contributed by atoms with E-state index in [0.717, 1.165) is 19.2 Å². The van der Waals surface area contributed by atoms with Crippen LogP contribution < -0.4 is 5.32 Å². The highest BCUT2D eigenvalue weighted by molar-refractivity contribution is 5.85. The van der Waals surface area contributed by atoms with Crippen LogP contribution >= 0.6 is 0 Å². The Morgan fingerprint density at radius 3 is 2.44 bits per heavy atom. The number of methoxy groups -OCH3 is 1. The first-order chi connectivity index (χ1) is 12.7. The van der Waals surface area contributed by atoms with Crippen LogP contribution in [0, 0.1) is 5.82 Å². The van der Waals surface area contributed by atoms with Crippen LogP contribution in [0.2, 0.25) is 0 Å². The predicted octanol–water partition coefficient (Wildman–Crippen LogP) is 3.29. The Balaban J connectivity index is 2.17. The van der Waals surface area contributed by atoms with E-state index in [1.807, 2.05) is 0 Å². The summed E-state index contributed by atoms with van der Waals surface area (Å²) in [7, 11) is 1.07. The molecule has 144 valence electrons. The molecular formula is C19H17F4NO3. The Kier molecular flexibility index (Phi) is 6.55. The van der Waals surface area contributed by atoms with E-state index in [-0.39, 0.29) is 12.0 Å². The predicted molar refractivity (Wildman–Crippen MR) is 89.2 cm³/mol. The van der Waals surface area contributed by atoms with Gasteiger partial charge in [0.1, 0.15) is 11.9 Å². The third kappa shape index (κ3) is 5.80. The van der Waals surface area contributed by atoms with E-state index in [9.17, 15) is 27.2 Å². The molecule has 0 saturated carbocycles. The van der Waals surface area contributed by atoms with Crippen molar-refractivity contribution in [3.05, 3.63) is 71.0 Å². The zero-order valence-electron chi connectivity index (χ0n) is 14.3. The Morgan fingerprint density at radius 2 is 1.81 bits per heavy atom. The third-order valence-corrected chi connectivity index (χ3v) is 3.82. The Bertz CT molecular complexity index is 821. The number of alkyl halides is 3. The highest BCUT2D eigenvalue weighted by atomic mass is 19.4. The van der Waals surface area contributed by atoms with Crippen molar-refractivity contribution in [2.45, 2.75) is 25.1 Å². The maximum atomic E-state index is 13.2. The van der Waals surface area contributed by atoms with Gasteiger partial charge >= 0.3 is 12.1 Å². The second-order valence-corrected chi connectivity index (χ2v) is 5.81. The normalized spacial score (nSPS) is 12.3. The molecule has 0 saturated heterocycles. The summed E-state index contributed by atoms with van der Waals surface area (Å²) in [5.41, 5.74) is -0.670. The first-order valence-corrected chi connectivity index (χ1v) is 7.97. The second-order valence-electron chi connectivity index (χ2n) is 5.81. The number of ether oxygens (including phenoxy) is 1. The first kappa shape index (κ1) is 20.4. The van der Waals surface area contributed by atoms with Gasteiger partial charge in [-0.25, -0.2) is 9.18 Å². The molecular weight excluding hydrogens is 366 g/mol. The number of carbonyl (C=O) groups is 2. The van der Waals surface area contributed by atoms with E-state index in [1.165, 1.54) is 36.4 Å². The Labute approximate surface area is 153 Å². The van der Waals surface area contributed by atoms with Crippen LogP contribution in [0.4, 0.5) is 17.6 Å². The van der Waals surface area contributed by atoms with Crippen molar-refractivity contribution in [2.75, 3.05) is 7.11 Å². The quantitative estimate of drug-likeness (QED) is 0.615. The molecule has 0 fully saturated rings. The van der Waals surface area contributed by atoms with Gasteiger partial charge in [-0.1, -0.05) is 30.3 Å². The van der Waals surface area contributed by atoms with E-state index in [4.69, 9.17) is 0 Å². The lowest BCUT2D eigenvalue weighted by atomic mass is 9.99. The summed E-state index contributed by atoms with van der Waals surface area (Å²) in [4.78, 5) is 24.1. The number of hydrogen-bond acceptors (Lipinski definition) is 3. The lowest BCUT2D eigenvalue weighted by Crippen LogP contribution is -2.44. The highest BCUT2D eigenvalue weighted by Crippen LogP contribution is 2.32. The summed E-state index contributed by atoms with van der Waals surface area (Å²) in [6.45, 7) is 0. The summed E-state index contributed by atoms with van der Waals surface area (Å²) >= 11 is 0. The van der Waals surface area contributed by atoms with Gasteiger partial charge in [-0.05, 0) is 29.3 Å². The van der Waals surface area contributed by atoms with Gasteiger partial charge in [0, 0.05) is 6.42 Å². The molecule has 0 bridgehead atoms. The molecule has 0 aromatic heterocycles. The molecule has 0 unspecified atom stereocenters. The van der Waals surface area contributed by atoms with Crippen LogP contribution in [-0.4, -0.2) is 25.0 Å². The van der Waals surface area contributed by atoms with Gasteiger partial charge in [0.15, 0.2) is 0 Å². The van der Waals surface area contributed by atoms with Crippen molar-refractivity contribution in [1.29, 1.82) is 0 Å². The molecule has 8 heteroatoms. The van der Waals surface area contributed by atoms with Crippen LogP contribution in [0.25, 0.3) is 0 Å². The van der Waals surface area contributed by atoms with Gasteiger partial charge in [0.05, 0.1) is 19.1 Å². The molecule has 0 aliphatic rings. The summed E-state index contributed by atoms with van der Waals surface area (Å²) in [5, 5.41) is 2.36. The number of amides is 1. The van der Waals surface area contributed by atoms with Crippen LogP contribution in [0.3, 0.4) is 0 Å².